The Morgan fingerprint density at radius 1 is 1.27 bits per heavy atom. The highest BCUT2D eigenvalue weighted by Crippen LogP contribution is 2.32. The van der Waals surface area contributed by atoms with Crippen molar-refractivity contribution in [2.75, 3.05) is 26.4 Å². The van der Waals surface area contributed by atoms with E-state index in [-0.39, 0.29) is 30.9 Å². The molecule has 0 aromatic heterocycles. The molecule has 0 spiro atoms. The molecule has 22 heavy (non-hydrogen) atoms. The van der Waals surface area contributed by atoms with Crippen LogP contribution in [0.1, 0.15) is 34.1 Å². The molecule has 3 unspecified atom stereocenters. The third-order valence-electron chi connectivity index (χ3n) is 3.61. The number of nitrogens with zero attached hydrogens (tertiary/aromatic N) is 1. The molecule has 2 aliphatic rings. The molecule has 2 heterocycles. The van der Waals surface area contributed by atoms with Gasteiger partial charge in [-0.05, 0) is 34.1 Å². The predicted octanol–water partition coefficient (Wildman–Crippen LogP) is 1.34. The van der Waals surface area contributed by atoms with E-state index < -0.39 is 11.6 Å². The smallest absolute Gasteiger partial charge is 0.411 e. The highest BCUT2D eigenvalue weighted by Gasteiger charge is 2.49. The van der Waals surface area contributed by atoms with Crippen LogP contribution in [-0.4, -0.2) is 67.2 Å². The Morgan fingerprint density at radius 2 is 2.00 bits per heavy atom. The zero-order valence-electron chi connectivity index (χ0n) is 13.7. The Labute approximate surface area is 130 Å². The van der Waals surface area contributed by atoms with Crippen molar-refractivity contribution in [2.24, 2.45) is 0 Å². The lowest BCUT2D eigenvalue weighted by Crippen LogP contribution is -2.52. The molecule has 3 atom stereocenters. The lowest BCUT2D eigenvalue weighted by molar-refractivity contribution is -0.151. The molecule has 0 radical (unpaired) electrons. The molecule has 2 fully saturated rings. The lowest BCUT2D eigenvalue weighted by Gasteiger charge is -2.36. The SMILES string of the molecule is CCOC(=O)COC1CC2COCC1N2C(=O)OC(C)(C)C. The Bertz CT molecular complexity index is 419. The Morgan fingerprint density at radius 3 is 2.64 bits per heavy atom. The Hall–Kier alpha value is -1.34. The van der Waals surface area contributed by atoms with Crippen molar-refractivity contribution in [1.82, 2.24) is 4.90 Å². The van der Waals surface area contributed by atoms with Crippen LogP contribution in [0.15, 0.2) is 0 Å². The average molecular weight is 315 g/mol. The molecular formula is C15H25NO6. The van der Waals surface area contributed by atoms with E-state index in [2.05, 4.69) is 0 Å². The number of carbonyl (C=O) groups is 2. The second-order valence-electron chi connectivity index (χ2n) is 6.54. The van der Waals surface area contributed by atoms with Crippen molar-refractivity contribution >= 4 is 12.1 Å². The first kappa shape index (κ1) is 17.0. The van der Waals surface area contributed by atoms with Crippen molar-refractivity contribution < 1.29 is 28.5 Å². The van der Waals surface area contributed by atoms with Gasteiger partial charge in [-0.3, -0.25) is 4.90 Å². The molecule has 2 bridgehead atoms. The van der Waals surface area contributed by atoms with E-state index in [0.717, 1.165) is 0 Å². The van der Waals surface area contributed by atoms with Gasteiger partial charge in [0.25, 0.3) is 0 Å². The van der Waals surface area contributed by atoms with E-state index in [1.807, 2.05) is 20.8 Å². The van der Waals surface area contributed by atoms with Gasteiger partial charge in [-0.25, -0.2) is 9.59 Å². The van der Waals surface area contributed by atoms with Crippen LogP contribution in [0, 0.1) is 0 Å². The zero-order chi connectivity index (χ0) is 16.3. The van der Waals surface area contributed by atoms with Gasteiger partial charge in [0.1, 0.15) is 12.2 Å². The third kappa shape index (κ3) is 4.10. The fraction of sp³-hybridized carbons (Fsp3) is 0.867. The number of amides is 1. The quantitative estimate of drug-likeness (QED) is 0.729. The number of rotatable bonds is 4. The summed E-state index contributed by atoms with van der Waals surface area (Å²) in [6, 6.07) is -0.288. The molecule has 7 heteroatoms. The monoisotopic (exact) mass is 315 g/mol. The highest BCUT2D eigenvalue weighted by atomic mass is 16.6. The van der Waals surface area contributed by atoms with Crippen LogP contribution in [0.25, 0.3) is 0 Å². The molecule has 7 nitrogen and oxygen atoms in total. The molecule has 0 N–H and O–H groups in total. The van der Waals surface area contributed by atoms with Gasteiger partial charge in [0.05, 0.1) is 38.0 Å². The maximum Gasteiger partial charge on any atom is 0.411 e. The topological polar surface area (TPSA) is 74.3 Å². The van der Waals surface area contributed by atoms with Crippen LogP contribution >= 0.6 is 0 Å². The van der Waals surface area contributed by atoms with Crippen LogP contribution in [-0.2, 0) is 23.7 Å². The van der Waals surface area contributed by atoms with Crippen molar-refractivity contribution in [3.8, 4) is 0 Å². The van der Waals surface area contributed by atoms with Crippen molar-refractivity contribution in [2.45, 2.75) is 57.9 Å². The first-order valence-corrected chi connectivity index (χ1v) is 7.68. The predicted molar refractivity (Wildman–Crippen MR) is 77.5 cm³/mol. The normalized spacial score (nSPS) is 27.6. The van der Waals surface area contributed by atoms with Gasteiger partial charge in [-0.15, -0.1) is 0 Å². The molecule has 0 aromatic carbocycles. The van der Waals surface area contributed by atoms with Gasteiger partial charge >= 0.3 is 12.1 Å². The second-order valence-corrected chi connectivity index (χ2v) is 6.54. The minimum Gasteiger partial charge on any atom is -0.464 e. The van der Waals surface area contributed by atoms with E-state index in [4.69, 9.17) is 18.9 Å². The van der Waals surface area contributed by atoms with Crippen molar-refractivity contribution in [1.29, 1.82) is 0 Å². The minimum absolute atomic E-state index is 0.0687. The average Bonchev–Trinajstić information content (AvgIpc) is 2.62. The summed E-state index contributed by atoms with van der Waals surface area (Å²) >= 11 is 0. The molecule has 2 aliphatic heterocycles. The molecular weight excluding hydrogens is 290 g/mol. The van der Waals surface area contributed by atoms with Crippen LogP contribution in [0.4, 0.5) is 4.79 Å². The molecule has 1 amide bonds. The lowest BCUT2D eigenvalue weighted by atomic mass is 10.1. The van der Waals surface area contributed by atoms with Crippen molar-refractivity contribution in [3.63, 3.8) is 0 Å². The molecule has 0 aromatic rings. The van der Waals surface area contributed by atoms with Crippen LogP contribution in [0.3, 0.4) is 0 Å². The molecule has 2 saturated heterocycles. The van der Waals surface area contributed by atoms with Crippen LogP contribution in [0.2, 0.25) is 0 Å². The summed E-state index contributed by atoms with van der Waals surface area (Å²) in [5.74, 6) is -0.395. The fourth-order valence-corrected chi connectivity index (χ4v) is 2.81. The summed E-state index contributed by atoms with van der Waals surface area (Å²) in [6.07, 6.45) is 0.0565. The second kappa shape index (κ2) is 6.83. The largest absolute Gasteiger partial charge is 0.464 e. The number of carbonyl (C=O) groups excluding carboxylic acids is 2. The first-order chi connectivity index (χ1) is 10.3. The van der Waals surface area contributed by atoms with Gasteiger partial charge in [-0.1, -0.05) is 0 Å². The summed E-state index contributed by atoms with van der Waals surface area (Å²) in [6.45, 7) is 8.33. The van der Waals surface area contributed by atoms with E-state index in [0.29, 0.717) is 26.2 Å². The van der Waals surface area contributed by atoms with Crippen LogP contribution < -0.4 is 0 Å². The number of hydrogen-bond acceptors (Lipinski definition) is 6. The van der Waals surface area contributed by atoms with Gasteiger partial charge in [0, 0.05) is 0 Å². The maximum atomic E-state index is 12.4. The van der Waals surface area contributed by atoms with E-state index >= 15 is 0 Å². The summed E-state index contributed by atoms with van der Waals surface area (Å²) in [5, 5.41) is 0. The first-order valence-electron chi connectivity index (χ1n) is 7.68. The summed E-state index contributed by atoms with van der Waals surface area (Å²) < 4.78 is 21.5. The maximum absolute atomic E-state index is 12.4. The van der Waals surface area contributed by atoms with Gasteiger partial charge < -0.3 is 18.9 Å². The Kier molecular flexibility index (Phi) is 5.28. The van der Waals surface area contributed by atoms with E-state index in [1.54, 1.807) is 11.8 Å². The fourth-order valence-electron chi connectivity index (χ4n) is 2.81. The Balaban J connectivity index is 1.96. The van der Waals surface area contributed by atoms with Gasteiger partial charge in [0.2, 0.25) is 0 Å². The molecule has 2 rings (SSSR count). The number of morpholine rings is 1. The van der Waals surface area contributed by atoms with Gasteiger partial charge in [-0.2, -0.15) is 0 Å². The third-order valence-corrected chi connectivity index (χ3v) is 3.61. The summed E-state index contributed by atoms with van der Waals surface area (Å²) in [7, 11) is 0. The van der Waals surface area contributed by atoms with Crippen LogP contribution in [0.5, 0.6) is 0 Å². The van der Waals surface area contributed by atoms with Crippen molar-refractivity contribution in [3.05, 3.63) is 0 Å². The number of ether oxygens (including phenoxy) is 4. The summed E-state index contributed by atoms with van der Waals surface area (Å²) in [5.41, 5.74) is -0.546. The standard InChI is InChI=1S/C15H25NO6/c1-5-20-13(17)9-21-12-6-10-7-19-8-11(12)16(10)14(18)22-15(2,3)4/h10-12H,5-9H2,1-4H3. The van der Waals surface area contributed by atoms with Gasteiger partial charge in [0.15, 0.2) is 0 Å². The number of esters is 1. The summed E-state index contributed by atoms with van der Waals surface area (Å²) in [4.78, 5) is 25.5. The zero-order valence-corrected chi connectivity index (χ0v) is 13.7. The van der Waals surface area contributed by atoms with E-state index in [1.165, 1.54) is 0 Å². The molecule has 126 valence electrons. The highest BCUT2D eigenvalue weighted by molar-refractivity contribution is 5.71. The molecule has 0 aliphatic carbocycles. The van der Waals surface area contributed by atoms with E-state index in [9.17, 15) is 9.59 Å². The molecule has 0 saturated carbocycles. The number of fused-ring (bicyclic) bond motifs is 2. The minimum atomic E-state index is -0.546. The number of hydrogen-bond donors (Lipinski definition) is 0.